The molecule has 27 heavy (non-hydrogen) atoms. The molecule has 0 amide bonds. The number of hydrogen-bond donors (Lipinski definition) is 1. The summed E-state index contributed by atoms with van der Waals surface area (Å²) in [6.07, 6.45) is 1.57. The lowest BCUT2D eigenvalue weighted by Crippen LogP contribution is -2.42. The number of halogens is 2. The van der Waals surface area contributed by atoms with E-state index in [1.165, 1.54) is 20.2 Å². The quantitative estimate of drug-likeness (QED) is 0.492. The summed E-state index contributed by atoms with van der Waals surface area (Å²) in [6, 6.07) is 1.53. The van der Waals surface area contributed by atoms with E-state index in [4.69, 9.17) is 28.9 Å². The van der Waals surface area contributed by atoms with Crippen LogP contribution in [0.15, 0.2) is 27.0 Å². The number of nitrogen functional groups attached to an aromatic ring is 1. The Bertz CT molecular complexity index is 1200. The van der Waals surface area contributed by atoms with Gasteiger partial charge in [0.15, 0.2) is 16.6 Å². The minimum absolute atomic E-state index is 0.183. The molecule has 3 aromatic rings. The molecule has 9 nitrogen and oxygen atoms in total. The lowest BCUT2D eigenvalue weighted by atomic mass is 10.1. The summed E-state index contributed by atoms with van der Waals surface area (Å²) >= 11 is 13.2. The van der Waals surface area contributed by atoms with Gasteiger partial charge in [0.25, 0.3) is 5.56 Å². The molecule has 0 bridgehead atoms. The Kier molecular flexibility index (Phi) is 5.06. The van der Waals surface area contributed by atoms with Gasteiger partial charge in [-0.3, -0.25) is 23.1 Å². The molecule has 0 aliphatic carbocycles. The summed E-state index contributed by atoms with van der Waals surface area (Å²) in [5, 5.41) is 8.32. The van der Waals surface area contributed by atoms with Crippen LogP contribution >= 0.6 is 35.0 Å². The molecular weight excluding hydrogens is 415 g/mol. The summed E-state index contributed by atoms with van der Waals surface area (Å²) in [7, 11) is 2.68. The average molecular weight is 429 g/mol. The van der Waals surface area contributed by atoms with Crippen molar-refractivity contribution in [2.24, 2.45) is 14.1 Å². The molecule has 142 valence electrons. The van der Waals surface area contributed by atoms with Crippen LogP contribution in [0.25, 0.3) is 5.65 Å². The van der Waals surface area contributed by atoms with Gasteiger partial charge in [-0.15, -0.1) is 10.2 Å². The molecule has 1 atom stereocenters. The first-order valence-electron chi connectivity index (χ1n) is 7.59. The van der Waals surface area contributed by atoms with Crippen molar-refractivity contribution in [3.63, 3.8) is 0 Å². The second kappa shape index (κ2) is 7.02. The first kappa shape index (κ1) is 19.5. The van der Waals surface area contributed by atoms with E-state index in [1.54, 1.807) is 17.5 Å². The van der Waals surface area contributed by atoms with Gasteiger partial charge in [0.05, 0.1) is 15.3 Å². The van der Waals surface area contributed by atoms with Gasteiger partial charge < -0.3 is 5.73 Å². The van der Waals surface area contributed by atoms with Crippen LogP contribution in [0.5, 0.6) is 0 Å². The van der Waals surface area contributed by atoms with Gasteiger partial charge in [0.1, 0.15) is 11.4 Å². The van der Waals surface area contributed by atoms with Crippen LogP contribution in [0.1, 0.15) is 17.3 Å². The van der Waals surface area contributed by atoms with Crippen LogP contribution in [-0.2, 0) is 14.1 Å². The van der Waals surface area contributed by atoms with Gasteiger partial charge >= 0.3 is 5.69 Å². The first-order chi connectivity index (χ1) is 12.6. The van der Waals surface area contributed by atoms with Gasteiger partial charge in [-0.2, -0.15) is 0 Å². The van der Waals surface area contributed by atoms with Crippen LogP contribution in [0.4, 0.5) is 5.82 Å². The highest BCUT2D eigenvalue weighted by molar-refractivity contribution is 8.00. The molecule has 2 N–H and O–H groups in total. The van der Waals surface area contributed by atoms with Gasteiger partial charge in [0, 0.05) is 20.3 Å². The second-order valence-corrected chi connectivity index (χ2v) is 7.92. The summed E-state index contributed by atoms with van der Waals surface area (Å²) in [5.74, 6) is -0.712. The molecule has 0 saturated carbocycles. The van der Waals surface area contributed by atoms with E-state index in [9.17, 15) is 14.4 Å². The molecule has 12 heteroatoms. The van der Waals surface area contributed by atoms with Crippen molar-refractivity contribution < 1.29 is 4.79 Å². The highest BCUT2D eigenvalue weighted by Crippen LogP contribution is 2.28. The summed E-state index contributed by atoms with van der Waals surface area (Å²) < 4.78 is 3.45. The topological polar surface area (TPSA) is 117 Å². The zero-order valence-corrected chi connectivity index (χ0v) is 16.8. The molecule has 0 fully saturated rings. The fraction of sp³-hybridized carbons (Fsp3) is 0.267. The van der Waals surface area contributed by atoms with E-state index in [1.807, 2.05) is 0 Å². The number of fused-ring (bicyclic) bond motifs is 1. The molecule has 0 aliphatic heterocycles. The number of anilines is 1. The van der Waals surface area contributed by atoms with Crippen molar-refractivity contribution in [3.05, 3.63) is 48.7 Å². The maximum absolute atomic E-state index is 12.9. The Morgan fingerprint density at radius 3 is 2.56 bits per heavy atom. The van der Waals surface area contributed by atoms with Gasteiger partial charge in [-0.05, 0) is 13.0 Å². The monoisotopic (exact) mass is 428 g/mol. The Morgan fingerprint density at radius 1 is 1.22 bits per heavy atom. The zero-order valence-electron chi connectivity index (χ0n) is 14.4. The largest absolute Gasteiger partial charge is 0.384 e. The number of ketones is 1. The third-order valence-electron chi connectivity index (χ3n) is 4.00. The number of Topliss-reactive ketones (excluding diaryl/α,β-unsaturated/α-hetero) is 1. The molecule has 0 aliphatic rings. The molecule has 3 aromatic heterocycles. The number of carbonyl (C=O) groups is 1. The summed E-state index contributed by atoms with van der Waals surface area (Å²) in [4.78, 5) is 37.1. The van der Waals surface area contributed by atoms with Crippen LogP contribution in [-0.4, -0.2) is 34.8 Å². The normalized spacial score (nSPS) is 12.5. The predicted molar refractivity (Wildman–Crippen MR) is 104 cm³/mol. The SMILES string of the molecule is C[C@H](Sc1nnc2c(Cl)cc(Cl)cn12)C(=O)c1c(N)n(C)c(=O)n(C)c1=O. The van der Waals surface area contributed by atoms with Crippen molar-refractivity contribution in [1.29, 1.82) is 0 Å². The lowest BCUT2D eigenvalue weighted by Gasteiger charge is -2.13. The van der Waals surface area contributed by atoms with E-state index in [2.05, 4.69) is 10.2 Å². The van der Waals surface area contributed by atoms with E-state index in [0.717, 1.165) is 20.9 Å². The Morgan fingerprint density at radius 2 is 1.89 bits per heavy atom. The van der Waals surface area contributed by atoms with Crippen molar-refractivity contribution in [1.82, 2.24) is 23.7 Å². The van der Waals surface area contributed by atoms with Crippen molar-refractivity contribution >= 4 is 52.2 Å². The highest BCUT2D eigenvalue weighted by atomic mass is 35.5. The smallest absolute Gasteiger partial charge is 0.332 e. The number of thioether (sulfide) groups is 1. The predicted octanol–water partition coefficient (Wildman–Crippen LogP) is 1.38. The fourth-order valence-electron chi connectivity index (χ4n) is 2.49. The number of rotatable bonds is 4. The Labute approximate surface area is 166 Å². The van der Waals surface area contributed by atoms with Gasteiger partial charge in [0.2, 0.25) is 0 Å². The van der Waals surface area contributed by atoms with Crippen molar-refractivity contribution in [2.75, 3.05) is 5.73 Å². The molecule has 0 saturated heterocycles. The standard InChI is InChI=1S/C15H14Cl2N6O3S/c1-6(10(24)9-11(18)21(2)15(26)22(3)13(9)25)27-14-20-19-12-8(17)4-7(16)5-23(12)14/h4-6H,18H2,1-3H3/t6-/m0/s1. The first-order valence-corrected chi connectivity index (χ1v) is 9.23. The number of pyridine rings is 1. The molecular formula is C15H14Cl2N6O3S. The Hall–Kier alpha value is -2.30. The van der Waals surface area contributed by atoms with E-state index < -0.39 is 22.3 Å². The van der Waals surface area contributed by atoms with E-state index in [0.29, 0.717) is 20.8 Å². The number of aromatic nitrogens is 5. The van der Waals surface area contributed by atoms with E-state index >= 15 is 0 Å². The lowest BCUT2D eigenvalue weighted by molar-refractivity contribution is 0.0992. The molecule has 0 unspecified atom stereocenters. The Balaban J connectivity index is 2.01. The van der Waals surface area contributed by atoms with Crippen LogP contribution < -0.4 is 17.0 Å². The second-order valence-electron chi connectivity index (χ2n) is 5.77. The molecule has 0 aromatic carbocycles. The van der Waals surface area contributed by atoms with Crippen LogP contribution in [0.2, 0.25) is 10.0 Å². The number of carbonyl (C=O) groups excluding carboxylic acids is 1. The number of hydrogen-bond acceptors (Lipinski definition) is 7. The molecule has 0 radical (unpaired) electrons. The molecule has 0 spiro atoms. The average Bonchev–Trinajstić information content (AvgIpc) is 3.01. The molecule has 3 rings (SSSR count). The maximum atomic E-state index is 12.9. The fourth-order valence-corrected chi connectivity index (χ4v) is 3.88. The highest BCUT2D eigenvalue weighted by Gasteiger charge is 2.26. The number of nitrogens with zero attached hydrogens (tertiary/aromatic N) is 5. The van der Waals surface area contributed by atoms with E-state index in [-0.39, 0.29) is 11.4 Å². The zero-order chi connectivity index (χ0) is 20.0. The van der Waals surface area contributed by atoms with Gasteiger partial charge in [-0.25, -0.2) is 4.79 Å². The van der Waals surface area contributed by atoms with Crippen molar-refractivity contribution in [2.45, 2.75) is 17.3 Å². The molecule has 3 heterocycles. The number of nitrogens with two attached hydrogens (primary N) is 1. The summed E-state index contributed by atoms with van der Waals surface area (Å²) in [6.45, 7) is 1.60. The van der Waals surface area contributed by atoms with Gasteiger partial charge in [-0.1, -0.05) is 35.0 Å². The summed E-state index contributed by atoms with van der Waals surface area (Å²) in [5.41, 5.74) is 4.64. The van der Waals surface area contributed by atoms with Crippen LogP contribution in [0, 0.1) is 0 Å². The van der Waals surface area contributed by atoms with Crippen molar-refractivity contribution in [3.8, 4) is 0 Å². The maximum Gasteiger partial charge on any atom is 0.332 e. The third-order valence-corrected chi connectivity index (χ3v) is 5.54. The minimum atomic E-state index is -0.745. The van der Waals surface area contributed by atoms with Crippen LogP contribution in [0.3, 0.4) is 0 Å². The third kappa shape index (κ3) is 3.24. The minimum Gasteiger partial charge on any atom is -0.384 e.